The standard InChI is InChI=1S/C59H43N3O/c1-3-18-54-47(4-2)57-50(42-23-13-7-14-24-42)35-45(40-21-11-6-12-22-40)36-55(57)62(54)46-33-34-56-51(37-46)48-27-17-28-49(58(48)63-56)53-38-52(60-59(61-53)44-25-15-8-16-26-44)43-31-29-41(30-32-43)39-19-9-5-10-20-39/h3-23,25-38,42H,2,24H2,1H3/b18-3-. The van der Waals surface area contributed by atoms with E-state index >= 15 is 0 Å². The topological polar surface area (TPSA) is 43.9 Å². The molecule has 4 nitrogen and oxygen atoms in total. The van der Waals surface area contributed by atoms with Gasteiger partial charge in [0.05, 0.1) is 22.6 Å². The molecule has 7 aromatic carbocycles. The number of benzene rings is 7. The van der Waals surface area contributed by atoms with Crippen LogP contribution in [0.5, 0.6) is 0 Å². The molecule has 1 aliphatic rings. The molecule has 3 aromatic heterocycles. The van der Waals surface area contributed by atoms with Crippen LogP contribution in [0.2, 0.25) is 0 Å². The summed E-state index contributed by atoms with van der Waals surface area (Å²) in [6, 6.07) is 59.7. The maximum Gasteiger partial charge on any atom is 0.160 e. The van der Waals surface area contributed by atoms with Crippen molar-refractivity contribution in [1.29, 1.82) is 0 Å². The van der Waals surface area contributed by atoms with Gasteiger partial charge in [0.25, 0.3) is 0 Å². The van der Waals surface area contributed by atoms with Crippen molar-refractivity contribution in [2.75, 3.05) is 0 Å². The lowest BCUT2D eigenvalue weighted by Gasteiger charge is -2.18. The number of nitrogens with zero attached hydrogens (tertiary/aromatic N) is 3. The Bertz CT molecular complexity index is 3420. The first-order valence-electron chi connectivity index (χ1n) is 21.6. The number of hydrogen-bond acceptors (Lipinski definition) is 3. The van der Waals surface area contributed by atoms with Crippen molar-refractivity contribution in [3.05, 3.63) is 224 Å². The summed E-state index contributed by atoms with van der Waals surface area (Å²) in [5, 5.41) is 3.29. The van der Waals surface area contributed by atoms with Crippen LogP contribution in [0.1, 0.15) is 36.1 Å². The van der Waals surface area contributed by atoms with Gasteiger partial charge in [0.15, 0.2) is 5.82 Å². The van der Waals surface area contributed by atoms with E-state index in [-0.39, 0.29) is 5.92 Å². The van der Waals surface area contributed by atoms with E-state index < -0.39 is 0 Å². The molecule has 0 bridgehead atoms. The molecule has 11 rings (SSSR count). The molecule has 0 fully saturated rings. The average molecular weight is 810 g/mol. The van der Waals surface area contributed by atoms with Gasteiger partial charge in [-0.05, 0) is 89.7 Å². The van der Waals surface area contributed by atoms with Crippen LogP contribution in [-0.4, -0.2) is 14.5 Å². The molecule has 3 heterocycles. The van der Waals surface area contributed by atoms with E-state index in [9.17, 15) is 0 Å². The minimum atomic E-state index is 0.242. The quantitative estimate of drug-likeness (QED) is 0.146. The van der Waals surface area contributed by atoms with Crippen molar-refractivity contribution in [3.63, 3.8) is 0 Å². The molecule has 0 spiro atoms. The normalized spacial score (nSPS) is 13.8. The summed E-state index contributed by atoms with van der Waals surface area (Å²) >= 11 is 0. The Balaban J connectivity index is 1.09. The molecule has 10 aromatic rings. The lowest BCUT2D eigenvalue weighted by molar-refractivity contribution is 0.669. The number of hydrogen-bond donors (Lipinski definition) is 0. The van der Waals surface area contributed by atoms with Gasteiger partial charge in [-0.2, -0.15) is 0 Å². The van der Waals surface area contributed by atoms with Gasteiger partial charge in [-0.25, -0.2) is 9.97 Å². The van der Waals surface area contributed by atoms with E-state index in [1.54, 1.807) is 0 Å². The van der Waals surface area contributed by atoms with Gasteiger partial charge < -0.3 is 8.98 Å². The zero-order chi connectivity index (χ0) is 42.3. The van der Waals surface area contributed by atoms with E-state index in [2.05, 4.69) is 200 Å². The lowest BCUT2D eigenvalue weighted by Crippen LogP contribution is -2.00. The van der Waals surface area contributed by atoms with Gasteiger partial charge in [-0.3, -0.25) is 0 Å². The molecule has 0 N–H and O–H groups in total. The molecular formula is C59H43N3O. The van der Waals surface area contributed by atoms with Crippen LogP contribution in [-0.2, 0) is 0 Å². The first-order valence-corrected chi connectivity index (χ1v) is 21.6. The lowest BCUT2D eigenvalue weighted by atomic mass is 9.86. The monoisotopic (exact) mass is 809 g/mol. The number of fused-ring (bicyclic) bond motifs is 4. The Morgan fingerprint density at radius 2 is 1.30 bits per heavy atom. The summed E-state index contributed by atoms with van der Waals surface area (Å²) in [7, 11) is 0. The second-order valence-electron chi connectivity index (χ2n) is 16.1. The van der Waals surface area contributed by atoms with Gasteiger partial charge in [0, 0.05) is 50.0 Å². The molecular weight excluding hydrogens is 767 g/mol. The smallest absolute Gasteiger partial charge is 0.160 e. The largest absolute Gasteiger partial charge is 0.455 e. The first kappa shape index (κ1) is 37.9. The maximum absolute atomic E-state index is 6.84. The highest BCUT2D eigenvalue weighted by molar-refractivity contribution is 6.10. The van der Waals surface area contributed by atoms with E-state index in [1.165, 1.54) is 27.6 Å². The van der Waals surface area contributed by atoms with Crippen LogP contribution in [0.4, 0.5) is 0 Å². The Morgan fingerprint density at radius 1 is 0.619 bits per heavy atom. The Morgan fingerprint density at radius 3 is 2.00 bits per heavy atom. The molecule has 63 heavy (non-hydrogen) atoms. The fraction of sp³-hybridized carbons (Fsp3) is 0.0508. The number of furan rings is 1. The van der Waals surface area contributed by atoms with Crippen molar-refractivity contribution in [2.24, 2.45) is 0 Å². The van der Waals surface area contributed by atoms with E-state index in [4.69, 9.17) is 14.4 Å². The van der Waals surface area contributed by atoms with Gasteiger partial charge in [0.2, 0.25) is 0 Å². The minimum Gasteiger partial charge on any atom is -0.455 e. The molecule has 1 aliphatic carbocycles. The summed E-state index contributed by atoms with van der Waals surface area (Å²) in [5.41, 5.74) is 16.5. The molecule has 1 unspecified atom stereocenters. The molecule has 0 saturated carbocycles. The second kappa shape index (κ2) is 16.1. The Hall–Kier alpha value is -8.08. The van der Waals surface area contributed by atoms with Crippen molar-refractivity contribution in [2.45, 2.75) is 19.3 Å². The third kappa shape index (κ3) is 6.83. The number of allylic oxidation sites excluding steroid dienone is 5. The van der Waals surface area contributed by atoms with Gasteiger partial charge in [0.1, 0.15) is 11.2 Å². The number of rotatable bonds is 9. The molecule has 4 heteroatoms. The van der Waals surface area contributed by atoms with Gasteiger partial charge in [-0.1, -0.05) is 170 Å². The zero-order valence-electron chi connectivity index (χ0n) is 34.9. The fourth-order valence-electron chi connectivity index (χ4n) is 9.25. The van der Waals surface area contributed by atoms with Gasteiger partial charge in [-0.15, -0.1) is 0 Å². The molecule has 1 atom stereocenters. The molecule has 0 saturated heterocycles. The molecule has 300 valence electrons. The first-order chi connectivity index (χ1) is 31.1. The van der Waals surface area contributed by atoms with E-state index in [0.29, 0.717) is 5.82 Å². The third-order valence-electron chi connectivity index (χ3n) is 12.3. The molecule has 0 radical (unpaired) electrons. The third-order valence-corrected chi connectivity index (χ3v) is 12.3. The number of para-hydroxylation sites is 1. The summed E-state index contributed by atoms with van der Waals surface area (Å²) in [4.78, 5) is 10.3. The molecule has 0 amide bonds. The van der Waals surface area contributed by atoms with Crippen LogP contribution in [0, 0.1) is 0 Å². The van der Waals surface area contributed by atoms with E-state index in [1.807, 2.05) is 30.3 Å². The summed E-state index contributed by atoms with van der Waals surface area (Å²) in [6.45, 7) is 6.46. The predicted octanol–water partition coefficient (Wildman–Crippen LogP) is 15.9. The van der Waals surface area contributed by atoms with E-state index in [0.717, 1.165) is 84.5 Å². The second-order valence-corrected chi connectivity index (χ2v) is 16.1. The SMILES string of the molecule is C=Cc1c(/C=C\C)n(-c2ccc3oc4c(-c5cc(-c6ccc(-c7ccccc7)cc6)nc(-c6ccccc6)n5)cccc4c3c2)c2cc(-c3ccccc3)cc(C3C=CC=CC3)c12. The highest BCUT2D eigenvalue weighted by Gasteiger charge is 2.24. The number of aromatic nitrogens is 3. The zero-order valence-corrected chi connectivity index (χ0v) is 34.9. The van der Waals surface area contributed by atoms with Gasteiger partial charge >= 0.3 is 0 Å². The molecule has 0 aliphatic heterocycles. The van der Waals surface area contributed by atoms with Crippen LogP contribution in [0.15, 0.2) is 211 Å². The van der Waals surface area contributed by atoms with Crippen LogP contribution in [0.25, 0.3) is 107 Å². The fourth-order valence-corrected chi connectivity index (χ4v) is 9.25. The minimum absolute atomic E-state index is 0.242. The summed E-state index contributed by atoms with van der Waals surface area (Å²) < 4.78 is 9.24. The van der Waals surface area contributed by atoms with Crippen LogP contribution >= 0.6 is 0 Å². The summed E-state index contributed by atoms with van der Waals surface area (Å²) in [5.74, 6) is 0.903. The predicted molar refractivity (Wildman–Crippen MR) is 264 cm³/mol. The van der Waals surface area contributed by atoms with Crippen molar-refractivity contribution < 1.29 is 4.42 Å². The van der Waals surface area contributed by atoms with Crippen molar-refractivity contribution in [3.8, 4) is 61.8 Å². The highest BCUT2D eigenvalue weighted by Crippen LogP contribution is 2.43. The van der Waals surface area contributed by atoms with Crippen molar-refractivity contribution >= 4 is 45.0 Å². The average Bonchev–Trinajstić information content (AvgIpc) is 3.89. The highest BCUT2D eigenvalue weighted by atomic mass is 16.3. The summed E-state index contributed by atoms with van der Waals surface area (Å²) in [6.07, 6.45) is 16.2. The Kier molecular flexibility index (Phi) is 9.67. The Labute approximate surface area is 367 Å². The van der Waals surface area contributed by atoms with Crippen LogP contribution in [0.3, 0.4) is 0 Å². The maximum atomic E-state index is 6.84. The van der Waals surface area contributed by atoms with Crippen molar-refractivity contribution in [1.82, 2.24) is 14.5 Å². The van der Waals surface area contributed by atoms with Crippen LogP contribution < -0.4 is 0 Å².